The van der Waals surface area contributed by atoms with E-state index in [0.29, 0.717) is 29.5 Å². The first-order chi connectivity index (χ1) is 16.0. The number of ether oxygens (including phenoxy) is 1. The van der Waals surface area contributed by atoms with Gasteiger partial charge in [-0.25, -0.2) is 0 Å². The fraction of sp³-hybridized carbons (Fsp3) is 0.259. The van der Waals surface area contributed by atoms with Crippen LogP contribution in [0.2, 0.25) is 0 Å². The lowest BCUT2D eigenvalue weighted by atomic mass is 10.0. The maximum absolute atomic E-state index is 12.8. The van der Waals surface area contributed by atoms with Gasteiger partial charge in [0.2, 0.25) is 0 Å². The van der Waals surface area contributed by atoms with Crippen LogP contribution in [0, 0.1) is 0 Å². The average molecular weight is 447 g/mol. The molecule has 1 heterocycles. The van der Waals surface area contributed by atoms with Gasteiger partial charge in [-0.2, -0.15) is 0 Å². The molecule has 0 aliphatic rings. The molecule has 0 bridgehead atoms. The largest absolute Gasteiger partial charge is 0.497 e. The summed E-state index contributed by atoms with van der Waals surface area (Å²) in [5.74, 6) is 0.861. The van der Waals surface area contributed by atoms with Crippen molar-refractivity contribution in [2.75, 3.05) is 13.7 Å². The number of carbonyl (C=O) groups excluding carboxylic acids is 2. The zero-order chi connectivity index (χ0) is 23.6. The first-order valence-corrected chi connectivity index (χ1v) is 11.0. The number of carbonyl (C=O) groups is 2. The van der Waals surface area contributed by atoms with Gasteiger partial charge in [0.05, 0.1) is 13.4 Å². The number of amides is 2. The van der Waals surface area contributed by atoms with Crippen LogP contribution in [0.25, 0.3) is 6.08 Å². The SMILES string of the molecule is COc1ccc(C(=O)N/C(=C\c2ccco2)C(=O)NCCCc2ccc(C(C)C)cc2)cc1. The minimum Gasteiger partial charge on any atom is -0.497 e. The number of hydrogen-bond acceptors (Lipinski definition) is 4. The lowest BCUT2D eigenvalue weighted by Crippen LogP contribution is -2.35. The van der Waals surface area contributed by atoms with E-state index in [0.717, 1.165) is 12.8 Å². The number of furan rings is 1. The normalized spacial score (nSPS) is 11.3. The molecule has 2 N–H and O–H groups in total. The molecular weight excluding hydrogens is 416 g/mol. The van der Waals surface area contributed by atoms with E-state index in [4.69, 9.17) is 9.15 Å². The summed E-state index contributed by atoms with van der Waals surface area (Å²) < 4.78 is 10.4. The zero-order valence-electron chi connectivity index (χ0n) is 19.3. The summed E-state index contributed by atoms with van der Waals surface area (Å²) in [5.41, 5.74) is 3.08. The molecular formula is C27H30N2O4. The van der Waals surface area contributed by atoms with E-state index < -0.39 is 5.91 Å². The monoisotopic (exact) mass is 446 g/mol. The van der Waals surface area contributed by atoms with Crippen molar-refractivity contribution in [2.24, 2.45) is 0 Å². The molecule has 1 aromatic heterocycles. The summed E-state index contributed by atoms with van der Waals surface area (Å²) in [6.07, 6.45) is 4.67. The van der Waals surface area contributed by atoms with Crippen molar-refractivity contribution in [3.8, 4) is 5.75 Å². The molecule has 2 aromatic carbocycles. The van der Waals surface area contributed by atoms with Crippen molar-refractivity contribution >= 4 is 17.9 Å². The van der Waals surface area contributed by atoms with Crippen molar-refractivity contribution in [3.63, 3.8) is 0 Å². The third-order valence-electron chi connectivity index (χ3n) is 5.25. The molecule has 0 unspecified atom stereocenters. The Hall–Kier alpha value is -3.80. The topological polar surface area (TPSA) is 80.6 Å². The van der Waals surface area contributed by atoms with Crippen LogP contribution in [0.3, 0.4) is 0 Å². The second kappa shape index (κ2) is 11.7. The van der Waals surface area contributed by atoms with Crippen molar-refractivity contribution in [1.29, 1.82) is 0 Å². The van der Waals surface area contributed by atoms with Gasteiger partial charge in [0, 0.05) is 18.2 Å². The first-order valence-electron chi connectivity index (χ1n) is 11.0. The van der Waals surface area contributed by atoms with Gasteiger partial charge in [0.1, 0.15) is 17.2 Å². The van der Waals surface area contributed by atoms with Crippen LogP contribution in [0.1, 0.15) is 53.4 Å². The highest BCUT2D eigenvalue weighted by molar-refractivity contribution is 6.05. The molecule has 0 aliphatic carbocycles. The van der Waals surface area contributed by atoms with Crippen molar-refractivity contribution in [3.05, 3.63) is 95.1 Å². The van der Waals surface area contributed by atoms with E-state index in [1.165, 1.54) is 23.5 Å². The van der Waals surface area contributed by atoms with Crippen LogP contribution in [0.15, 0.2) is 77.0 Å². The molecule has 0 saturated heterocycles. The number of benzene rings is 2. The quantitative estimate of drug-likeness (QED) is 0.342. The summed E-state index contributed by atoms with van der Waals surface area (Å²) in [6.45, 7) is 4.83. The van der Waals surface area contributed by atoms with Crippen LogP contribution in [-0.4, -0.2) is 25.5 Å². The summed E-state index contributed by atoms with van der Waals surface area (Å²) in [6, 6.07) is 18.7. The molecule has 172 valence electrons. The lowest BCUT2D eigenvalue weighted by Gasteiger charge is -2.11. The fourth-order valence-electron chi connectivity index (χ4n) is 3.27. The zero-order valence-corrected chi connectivity index (χ0v) is 19.3. The number of rotatable bonds is 10. The molecule has 0 fully saturated rings. The van der Waals surface area contributed by atoms with Gasteiger partial charge in [-0.1, -0.05) is 38.1 Å². The van der Waals surface area contributed by atoms with Crippen molar-refractivity contribution in [1.82, 2.24) is 10.6 Å². The van der Waals surface area contributed by atoms with Gasteiger partial charge in [-0.15, -0.1) is 0 Å². The van der Waals surface area contributed by atoms with Crippen LogP contribution >= 0.6 is 0 Å². The standard InChI is InChI=1S/C27H30N2O4/c1-19(2)21-10-8-20(9-11-21)6-4-16-28-27(31)25(18-24-7-5-17-33-24)29-26(30)22-12-14-23(32-3)15-13-22/h5,7-15,17-19H,4,6,16H2,1-3H3,(H,28,31)(H,29,30)/b25-18-. The Bertz CT molecular complexity index is 1070. The highest BCUT2D eigenvalue weighted by Crippen LogP contribution is 2.16. The number of aryl methyl sites for hydroxylation is 1. The Balaban J connectivity index is 1.59. The van der Waals surface area contributed by atoms with Crippen LogP contribution < -0.4 is 15.4 Å². The van der Waals surface area contributed by atoms with E-state index in [-0.39, 0.29) is 11.6 Å². The Morgan fingerprint density at radius 3 is 2.36 bits per heavy atom. The van der Waals surface area contributed by atoms with Crippen molar-refractivity contribution in [2.45, 2.75) is 32.6 Å². The Morgan fingerprint density at radius 2 is 1.76 bits per heavy atom. The van der Waals surface area contributed by atoms with E-state index in [9.17, 15) is 9.59 Å². The van der Waals surface area contributed by atoms with Crippen molar-refractivity contribution < 1.29 is 18.7 Å². The molecule has 0 radical (unpaired) electrons. The molecule has 3 rings (SSSR count). The van der Waals surface area contributed by atoms with E-state index in [2.05, 4.69) is 48.7 Å². The molecule has 6 heteroatoms. The smallest absolute Gasteiger partial charge is 0.267 e. The van der Waals surface area contributed by atoms with Crippen LogP contribution in [-0.2, 0) is 11.2 Å². The van der Waals surface area contributed by atoms with E-state index in [1.54, 1.807) is 43.5 Å². The van der Waals surface area contributed by atoms with Gasteiger partial charge < -0.3 is 19.8 Å². The first kappa shape index (κ1) is 23.9. The van der Waals surface area contributed by atoms with Crippen LogP contribution in [0.5, 0.6) is 5.75 Å². The molecule has 2 amide bonds. The van der Waals surface area contributed by atoms with E-state index >= 15 is 0 Å². The Morgan fingerprint density at radius 1 is 1.03 bits per heavy atom. The van der Waals surface area contributed by atoms with Gasteiger partial charge in [0.25, 0.3) is 11.8 Å². The summed E-state index contributed by atoms with van der Waals surface area (Å²) in [4.78, 5) is 25.5. The molecule has 33 heavy (non-hydrogen) atoms. The predicted molar refractivity (Wildman–Crippen MR) is 129 cm³/mol. The lowest BCUT2D eigenvalue weighted by molar-refractivity contribution is -0.117. The summed E-state index contributed by atoms with van der Waals surface area (Å²) in [5, 5.41) is 5.58. The molecule has 0 atom stereocenters. The van der Waals surface area contributed by atoms with Gasteiger partial charge in [-0.3, -0.25) is 9.59 Å². The number of nitrogens with one attached hydrogen (secondary N) is 2. The average Bonchev–Trinajstić information content (AvgIpc) is 3.34. The van der Waals surface area contributed by atoms with E-state index in [1.807, 2.05) is 0 Å². The number of methoxy groups -OCH3 is 1. The maximum Gasteiger partial charge on any atom is 0.267 e. The highest BCUT2D eigenvalue weighted by Gasteiger charge is 2.15. The molecule has 0 aliphatic heterocycles. The highest BCUT2D eigenvalue weighted by atomic mass is 16.5. The fourth-order valence-corrected chi connectivity index (χ4v) is 3.27. The predicted octanol–water partition coefficient (Wildman–Crippen LogP) is 4.93. The summed E-state index contributed by atoms with van der Waals surface area (Å²) in [7, 11) is 1.56. The number of hydrogen-bond donors (Lipinski definition) is 2. The van der Waals surface area contributed by atoms with Gasteiger partial charge in [-0.05, 0) is 66.3 Å². The Kier molecular flexibility index (Phi) is 8.47. The summed E-state index contributed by atoms with van der Waals surface area (Å²) >= 11 is 0. The Labute approximate surface area is 194 Å². The third-order valence-corrected chi connectivity index (χ3v) is 5.25. The minimum absolute atomic E-state index is 0.118. The second-order valence-electron chi connectivity index (χ2n) is 8.01. The van der Waals surface area contributed by atoms with Gasteiger partial charge in [0.15, 0.2) is 0 Å². The molecule has 3 aromatic rings. The van der Waals surface area contributed by atoms with Gasteiger partial charge >= 0.3 is 0 Å². The molecule has 0 spiro atoms. The third kappa shape index (κ3) is 7.10. The molecule has 0 saturated carbocycles. The molecule has 6 nitrogen and oxygen atoms in total. The minimum atomic E-state index is -0.393. The second-order valence-corrected chi connectivity index (χ2v) is 8.01. The maximum atomic E-state index is 12.8. The van der Waals surface area contributed by atoms with Crippen LogP contribution in [0.4, 0.5) is 0 Å².